The summed E-state index contributed by atoms with van der Waals surface area (Å²) in [6.07, 6.45) is 0. The van der Waals surface area contributed by atoms with Crippen LogP contribution < -0.4 is 5.32 Å². The fourth-order valence-electron chi connectivity index (χ4n) is 1.91. The summed E-state index contributed by atoms with van der Waals surface area (Å²) in [6, 6.07) is 9.34. The minimum atomic E-state index is -0.0791. The van der Waals surface area contributed by atoms with Gasteiger partial charge in [-0.15, -0.1) is 0 Å². The Bertz CT molecular complexity index is 745. The van der Waals surface area contributed by atoms with E-state index in [0.717, 1.165) is 11.1 Å². The Labute approximate surface area is 122 Å². The molecule has 0 fully saturated rings. The highest BCUT2D eigenvalue weighted by Gasteiger charge is 2.12. The molecule has 0 aliphatic carbocycles. The SMILES string of the molecule is Cc1ccc(C)c(C(=O)CNc2nc(C#N)c(C#N)[nH]2)c1. The molecular weight excluding hydrogens is 266 g/mol. The Morgan fingerprint density at radius 3 is 2.71 bits per heavy atom. The number of nitrogens with zero attached hydrogens (tertiary/aromatic N) is 3. The number of rotatable bonds is 4. The molecule has 0 radical (unpaired) electrons. The van der Waals surface area contributed by atoms with Crippen LogP contribution in [0.5, 0.6) is 0 Å². The molecule has 0 saturated heterocycles. The number of anilines is 1. The Hall–Kier alpha value is -3.12. The first-order chi connectivity index (χ1) is 10.0. The van der Waals surface area contributed by atoms with Crippen molar-refractivity contribution in [1.82, 2.24) is 9.97 Å². The monoisotopic (exact) mass is 279 g/mol. The van der Waals surface area contributed by atoms with Gasteiger partial charge in [0, 0.05) is 5.56 Å². The van der Waals surface area contributed by atoms with Crippen molar-refractivity contribution in [2.24, 2.45) is 0 Å². The fourth-order valence-corrected chi connectivity index (χ4v) is 1.91. The Morgan fingerprint density at radius 2 is 2.10 bits per heavy atom. The van der Waals surface area contributed by atoms with Gasteiger partial charge in [0.25, 0.3) is 0 Å². The summed E-state index contributed by atoms with van der Waals surface area (Å²) in [4.78, 5) is 18.7. The summed E-state index contributed by atoms with van der Waals surface area (Å²) in [6.45, 7) is 3.84. The van der Waals surface area contributed by atoms with Crippen molar-refractivity contribution in [2.75, 3.05) is 11.9 Å². The molecule has 1 aromatic heterocycles. The first-order valence-electron chi connectivity index (χ1n) is 6.29. The fraction of sp³-hybridized carbons (Fsp3) is 0.200. The number of aryl methyl sites for hydroxylation is 2. The van der Waals surface area contributed by atoms with Crippen LogP contribution in [-0.2, 0) is 0 Å². The number of Topliss-reactive ketones (excluding diaryl/α,β-unsaturated/α-hetero) is 1. The van der Waals surface area contributed by atoms with Gasteiger partial charge in [0.05, 0.1) is 6.54 Å². The molecule has 1 heterocycles. The first-order valence-corrected chi connectivity index (χ1v) is 6.29. The van der Waals surface area contributed by atoms with Gasteiger partial charge in [0.2, 0.25) is 5.95 Å². The van der Waals surface area contributed by atoms with E-state index >= 15 is 0 Å². The second-order valence-electron chi connectivity index (χ2n) is 4.63. The van der Waals surface area contributed by atoms with Crippen LogP contribution in [0.3, 0.4) is 0 Å². The molecule has 21 heavy (non-hydrogen) atoms. The highest BCUT2D eigenvalue weighted by Crippen LogP contribution is 2.12. The van der Waals surface area contributed by atoms with Gasteiger partial charge in [-0.05, 0) is 25.5 Å². The maximum Gasteiger partial charge on any atom is 0.202 e. The minimum absolute atomic E-state index is 0.0131. The third-order valence-corrected chi connectivity index (χ3v) is 3.03. The maximum atomic E-state index is 12.2. The number of aromatic amines is 1. The molecule has 0 aliphatic heterocycles. The normalized spacial score (nSPS) is 9.71. The minimum Gasteiger partial charge on any atom is -0.348 e. The summed E-state index contributed by atoms with van der Waals surface area (Å²) < 4.78 is 0. The molecule has 2 aromatic rings. The lowest BCUT2D eigenvalue weighted by Crippen LogP contribution is -2.16. The van der Waals surface area contributed by atoms with Gasteiger partial charge in [0.1, 0.15) is 12.1 Å². The van der Waals surface area contributed by atoms with Gasteiger partial charge >= 0.3 is 0 Å². The van der Waals surface area contributed by atoms with Crippen molar-refractivity contribution in [2.45, 2.75) is 13.8 Å². The molecule has 0 bridgehead atoms. The zero-order valence-electron chi connectivity index (χ0n) is 11.7. The standard InChI is InChI=1S/C15H13N5O/c1-9-3-4-10(2)11(5-9)14(21)8-18-15-19-12(6-16)13(7-17)20-15/h3-5H,8H2,1-2H3,(H2,18,19,20). The van der Waals surface area contributed by atoms with Gasteiger partial charge < -0.3 is 10.3 Å². The van der Waals surface area contributed by atoms with Crippen LogP contribution in [-0.4, -0.2) is 22.3 Å². The van der Waals surface area contributed by atoms with E-state index in [-0.39, 0.29) is 29.7 Å². The van der Waals surface area contributed by atoms with E-state index in [4.69, 9.17) is 10.5 Å². The van der Waals surface area contributed by atoms with E-state index in [0.29, 0.717) is 5.56 Å². The van der Waals surface area contributed by atoms with Crippen molar-refractivity contribution < 1.29 is 4.79 Å². The van der Waals surface area contributed by atoms with Crippen LogP contribution >= 0.6 is 0 Å². The van der Waals surface area contributed by atoms with Gasteiger partial charge in [0.15, 0.2) is 17.2 Å². The van der Waals surface area contributed by atoms with Crippen molar-refractivity contribution in [3.8, 4) is 12.1 Å². The van der Waals surface area contributed by atoms with Gasteiger partial charge in [-0.3, -0.25) is 4.79 Å². The van der Waals surface area contributed by atoms with Crippen LogP contribution in [0.4, 0.5) is 5.95 Å². The van der Waals surface area contributed by atoms with Crippen molar-refractivity contribution >= 4 is 11.7 Å². The lowest BCUT2D eigenvalue weighted by atomic mass is 10.0. The zero-order chi connectivity index (χ0) is 15.4. The van der Waals surface area contributed by atoms with E-state index in [2.05, 4.69) is 15.3 Å². The molecule has 6 heteroatoms. The van der Waals surface area contributed by atoms with Crippen LogP contribution in [0.25, 0.3) is 0 Å². The Kier molecular flexibility index (Phi) is 4.01. The number of aromatic nitrogens is 2. The predicted octanol–water partition coefficient (Wildman–Crippen LogP) is 2.06. The molecule has 0 amide bonds. The summed E-state index contributed by atoms with van der Waals surface area (Å²) in [5, 5.41) is 20.4. The van der Waals surface area contributed by atoms with Crippen LogP contribution in [0, 0.1) is 36.5 Å². The lowest BCUT2D eigenvalue weighted by Gasteiger charge is -2.06. The smallest absolute Gasteiger partial charge is 0.202 e. The third kappa shape index (κ3) is 3.07. The van der Waals surface area contributed by atoms with Crippen LogP contribution in [0.2, 0.25) is 0 Å². The number of carbonyl (C=O) groups is 1. The number of benzene rings is 1. The van der Waals surface area contributed by atoms with Gasteiger partial charge in [-0.25, -0.2) is 4.98 Å². The zero-order valence-corrected chi connectivity index (χ0v) is 11.7. The molecule has 6 nitrogen and oxygen atoms in total. The number of hydrogen-bond donors (Lipinski definition) is 2. The van der Waals surface area contributed by atoms with Crippen LogP contribution in [0.1, 0.15) is 32.9 Å². The molecule has 0 spiro atoms. The van der Waals surface area contributed by atoms with Gasteiger partial charge in [-0.2, -0.15) is 10.5 Å². The largest absolute Gasteiger partial charge is 0.348 e. The predicted molar refractivity (Wildman–Crippen MR) is 76.8 cm³/mol. The topological polar surface area (TPSA) is 105 Å². The number of ketones is 1. The average Bonchev–Trinajstić information content (AvgIpc) is 2.89. The first kappa shape index (κ1) is 14.3. The molecule has 0 atom stereocenters. The van der Waals surface area contributed by atoms with Crippen molar-refractivity contribution in [3.05, 3.63) is 46.3 Å². The van der Waals surface area contributed by atoms with E-state index in [1.165, 1.54) is 0 Å². The summed E-state index contributed by atoms with van der Waals surface area (Å²) in [5.74, 6) is 0.159. The van der Waals surface area contributed by atoms with E-state index in [9.17, 15) is 4.79 Å². The molecule has 104 valence electrons. The number of nitrogens with one attached hydrogen (secondary N) is 2. The summed E-state index contributed by atoms with van der Waals surface area (Å²) in [7, 11) is 0. The highest BCUT2D eigenvalue weighted by molar-refractivity contribution is 6.00. The number of imidazole rings is 1. The molecule has 0 aliphatic rings. The molecule has 0 saturated carbocycles. The number of nitriles is 2. The second kappa shape index (κ2) is 5.89. The number of hydrogen-bond acceptors (Lipinski definition) is 5. The molecular formula is C15H13N5O. The molecule has 2 N–H and O–H groups in total. The lowest BCUT2D eigenvalue weighted by molar-refractivity contribution is 0.100. The Morgan fingerprint density at radius 1 is 1.33 bits per heavy atom. The Balaban J connectivity index is 2.12. The van der Waals surface area contributed by atoms with E-state index in [1.807, 2.05) is 44.2 Å². The third-order valence-electron chi connectivity index (χ3n) is 3.03. The highest BCUT2D eigenvalue weighted by atomic mass is 16.1. The van der Waals surface area contributed by atoms with E-state index in [1.54, 1.807) is 0 Å². The average molecular weight is 279 g/mol. The molecule has 0 unspecified atom stereocenters. The van der Waals surface area contributed by atoms with Crippen LogP contribution in [0.15, 0.2) is 18.2 Å². The number of H-pyrrole nitrogens is 1. The van der Waals surface area contributed by atoms with E-state index < -0.39 is 0 Å². The van der Waals surface area contributed by atoms with Gasteiger partial charge in [-0.1, -0.05) is 17.7 Å². The summed E-state index contributed by atoms with van der Waals surface area (Å²) >= 11 is 0. The second-order valence-corrected chi connectivity index (χ2v) is 4.63. The maximum absolute atomic E-state index is 12.2. The quantitative estimate of drug-likeness (QED) is 0.833. The molecule has 2 rings (SSSR count). The van der Waals surface area contributed by atoms with Crippen molar-refractivity contribution in [1.29, 1.82) is 10.5 Å². The van der Waals surface area contributed by atoms with Crippen molar-refractivity contribution in [3.63, 3.8) is 0 Å². The molecule has 1 aromatic carbocycles. The summed E-state index contributed by atoms with van der Waals surface area (Å²) in [5.41, 5.74) is 2.66. The number of carbonyl (C=O) groups excluding carboxylic acids is 1.